The highest BCUT2D eigenvalue weighted by atomic mass is 32.1. The lowest BCUT2D eigenvalue weighted by Gasteiger charge is -1.99. The van der Waals surface area contributed by atoms with Crippen LogP contribution in [0.2, 0.25) is 0 Å². The number of hydrogen-bond acceptors (Lipinski definition) is 5. The maximum absolute atomic E-state index is 12.2. The number of carbonyl (C=O) groups is 2. The standard InChI is InChI=1S/C13H10N4O2S/c1-14-13(19)7-4-5-15-11-9(7)16-12(17-11)10(18)8-3-2-6-20-8/h2-6H,1H3,(H,14,19)(H,15,16,17). The summed E-state index contributed by atoms with van der Waals surface area (Å²) in [6.45, 7) is 0. The Morgan fingerprint density at radius 2 is 2.20 bits per heavy atom. The number of hydrogen-bond donors (Lipinski definition) is 2. The van der Waals surface area contributed by atoms with Crippen molar-refractivity contribution in [2.75, 3.05) is 7.05 Å². The molecule has 3 aromatic heterocycles. The average molecular weight is 286 g/mol. The van der Waals surface area contributed by atoms with Crippen LogP contribution in [0.3, 0.4) is 0 Å². The Balaban J connectivity index is 2.11. The summed E-state index contributed by atoms with van der Waals surface area (Å²) in [6.07, 6.45) is 1.49. The molecule has 7 heteroatoms. The number of thiophene rings is 1. The number of carbonyl (C=O) groups excluding carboxylic acids is 2. The SMILES string of the molecule is CNC(=O)c1ccnc2nc(C(=O)c3cccs3)[nH]c12. The maximum Gasteiger partial charge on any atom is 0.253 e. The van der Waals surface area contributed by atoms with E-state index in [1.165, 1.54) is 17.5 Å². The van der Waals surface area contributed by atoms with E-state index in [-0.39, 0.29) is 17.5 Å². The van der Waals surface area contributed by atoms with Gasteiger partial charge in [-0.1, -0.05) is 6.07 Å². The lowest BCUT2D eigenvalue weighted by molar-refractivity contribution is 0.0963. The Bertz CT molecular complexity index is 792. The number of pyridine rings is 1. The molecule has 0 atom stereocenters. The third-order valence-electron chi connectivity index (χ3n) is 2.82. The van der Waals surface area contributed by atoms with E-state index in [1.807, 2.05) is 5.38 Å². The largest absolute Gasteiger partial charge is 0.355 e. The van der Waals surface area contributed by atoms with Crippen molar-refractivity contribution >= 4 is 34.2 Å². The molecule has 0 aliphatic rings. The first kappa shape index (κ1) is 12.5. The van der Waals surface area contributed by atoms with E-state index in [2.05, 4.69) is 20.3 Å². The molecule has 0 fully saturated rings. The van der Waals surface area contributed by atoms with Gasteiger partial charge in [0.05, 0.1) is 16.0 Å². The summed E-state index contributed by atoms with van der Waals surface area (Å²) in [7, 11) is 1.54. The molecule has 0 saturated heterocycles. The number of H-pyrrole nitrogens is 1. The first-order chi connectivity index (χ1) is 9.70. The van der Waals surface area contributed by atoms with Gasteiger partial charge in [-0.05, 0) is 17.5 Å². The van der Waals surface area contributed by atoms with Crippen LogP contribution in [0.4, 0.5) is 0 Å². The molecule has 3 rings (SSSR count). The molecule has 3 heterocycles. The monoisotopic (exact) mass is 286 g/mol. The normalized spacial score (nSPS) is 10.7. The van der Waals surface area contributed by atoms with Gasteiger partial charge in [0.15, 0.2) is 11.5 Å². The molecule has 0 aromatic carbocycles. The number of nitrogens with one attached hydrogen (secondary N) is 2. The maximum atomic E-state index is 12.2. The van der Waals surface area contributed by atoms with Gasteiger partial charge in [0, 0.05) is 13.2 Å². The molecule has 0 saturated carbocycles. The molecular formula is C13H10N4O2S. The predicted octanol–water partition coefficient (Wildman–Crippen LogP) is 1.61. The number of nitrogens with zero attached hydrogens (tertiary/aromatic N) is 2. The van der Waals surface area contributed by atoms with Crippen molar-refractivity contribution in [3.05, 3.63) is 46.0 Å². The highest BCUT2D eigenvalue weighted by Crippen LogP contribution is 2.18. The molecule has 0 radical (unpaired) electrons. The van der Waals surface area contributed by atoms with Crippen LogP contribution in [0.1, 0.15) is 25.9 Å². The number of imidazole rings is 1. The number of fused-ring (bicyclic) bond motifs is 1. The fraction of sp³-hybridized carbons (Fsp3) is 0.0769. The number of aromatic amines is 1. The predicted molar refractivity (Wildman–Crippen MR) is 75.0 cm³/mol. The summed E-state index contributed by atoms with van der Waals surface area (Å²) in [5.41, 5.74) is 1.23. The second kappa shape index (κ2) is 4.86. The van der Waals surface area contributed by atoms with Gasteiger partial charge in [-0.3, -0.25) is 9.59 Å². The Kier molecular flexibility index (Phi) is 3.03. The van der Waals surface area contributed by atoms with E-state index >= 15 is 0 Å². The average Bonchev–Trinajstić information content (AvgIpc) is 3.13. The van der Waals surface area contributed by atoms with Gasteiger partial charge in [0.25, 0.3) is 5.91 Å². The molecule has 0 aliphatic heterocycles. The van der Waals surface area contributed by atoms with Gasteiger partial charge in [-0.15, -0.1) is 11.3 Å². The molecule has 0 aliphatic carbocycles. The van der Waals surface area contributed by atoms with Crippen LogP contribution in [0.5, 0.6) is 0 Å². The van der Waals surface area contributed by atoms with E-state index in [4.69, 9.17) is 0 Å². The molecule has 6 nitrogen and oxygen atoms in total. The van der Waals surface area contributed by atoms with Crippen LogP contribution in [-0.4, -0.2) is 33.7 Å². The second-order valence-electron chi connectivity index (χ2n) is 4.03. The zero-order valence-corrected chi connectivity index (χ0v) is 11.3. The Morgan fingerprint density at radius 3 is 2.90 bits per heavy atom. The van der Waals surface area contributed by atoms with E-state index < -0.39 is 0 Å². The van der Waals surface area contributed by atoms with Crippen molar-refractivity contribution in [3.8, 4) is 0 Å². The van der Waals surface area contributed by atoms with Gasteiger partial charge in [-0.2, -0.15) is 0 Å². The van der Waals surface area contributed by atoms with Crippen molar-refractivity contribution in [1.82, 2.24) is 20.3 Å². The van der Waals surface area contributed by atoms with Gasteiger partial charge < -0.3 is 10.3 Å². The second-order valence-corrected chi connectivity index (χ2v) is 4.98. The van der Waals surface area contributed by atoms with Gasteiger partial charge >= 0.3 is 0 Å². The lowest BCUT2D eigenvalue weighted by Crippen LogP contribution is -2.18. The Morgan fingerprint density at radius 1 is 1.35 bits per heavy atom. The van der Waals surface area contributed by atoms with Crippen molar-refractivity contribution < 1.29 is 9.59 Å². The van der Waals surface area contributed by atoms with E-state index in [9.17, 15) is 9.59 Å². The summed E-state index contributed by atoms with van der Waals surface area (Å²) < 4.78 is 0. The van der Waals surface area contributed by atoms with E-state index in [0.717, 1.165) is 0 Å². The smallest absolute Gasteiger partial charge is 0.253 e. The fourth-order valence-corrected chi connectivity index (χ4v) is 2.53. The Labute approximate surface area is 117 Å². The molecule has 20 heavy (non-hydrogen) atoms. The molecular weight excluding hydrogens is 276 g/mol. The molecule has 3 aromatic rings. The minimum atomic E-state index is -0.254. The van der Waals surface area contributed by atoms with Crippen LogP contribution in [0.25, 0.3) is 11.2 Å². The van der Waals surface area contributed by atoms with Crippen LogP contribution in [0, 0.1) is 0 Å². The molecule has 2 N–H and O–H groups in total. The molecule has 0 bridgehead atoms. The molecule has 1 amide bonds. The highest BCUT2D eigenvalue weighted by molar-refractivity contribution is 7.12. The van der Waals surface area contributed by atoms with Crippen molar-refractivity contribution in [1.29, 1.82) is 0 Å². The topological polar surface area (TPSA) is 87.7 Å². The zero-order valence-electron chi connectivity index (χ0n) is 10.5. The third kappa shape index (κ3) is 1.97. The molecule has 0 spiro atoms. The first-order valence-corrected chi connectivity index (χ1v) is 6.73. The first-order valence-electron chi connectivity index (χ1n) is 5.85. The van der Waals surface area contributed by atoms with Crippen LogP contribution in [-0.2, 0) is 0 Å². The quantitative estimate of drug-likeness (QED) is 0.716. The van der Waals surface area contributed by atoms with Gasteiger partial charge in [0.1, 0.15) is 0 Å². The van der Waals surface area contributed by atoms with Crippen molar-refractivity contribution in [3.63, 3.8) is 0 Å². The number of amides is 1. The lowest BCUT2D eigenvalue weighted by atomic mass is 10.2. The summed E-state index contributed by atoms with van der Waals surface area (Å²) in [4.78, 5) is 35.7. The van der Waals surface area contributed by atoms with E-state index in [0.29, 0.717) is 21.6 Å². The summed E-state index contributed by atoms with van der Waals surface area (Å²) in [5, 5.41) is 4.37. The Hall–Kier alpha value is -2.54. The summed E-state index contributed by atoms with van der Waals surface area (Å²) in [6, 6.07) is 5.11. The number of rotatable bonds is 3. The minimum absolute atomic E-state index is 0.186. The van der Waals surface area contributed by atoms with Crippen molar-refractivity contribution in [2.24, 2.45) is 0 Å². The van der Waals surface area contributed by atoms with Crippen LogP contribution >= 0.6 is 11.3 Å². The number of ketones is 1. The molecule has 0 unspecified atom stereocenters. The van der Waals surface area contributed by atoms with Crippen LogP contribution in [0.15, 0.2) is 29.8 Å². The minimum Gasteiger partial charge on any atom is -0.355 e. The van der Waals surface area contributed by atoms with E-state index in [1.54, 1.807) is 25.2 Å². The third-order valence-corrected chi connectivity index (χ3v) is 3.69. The fourth-order valence-electron chi connectivity index (χ4n) is 1.87. The van der Waals surface area contributed by atoms with Gasteiger partial charge in [0.2, 0.25) is 5.78 Å². The number of aromatic nitrogens is 3. The molecule has 100 valence electrons. The van der Waals surface area contributed by atoms with Gasteiger partial charge in [-0.25, -0.2) is 9.97 Å². The van der Waals surface area contributed by atoms with Crippen molar-refractivity contribution in [2.45, 2.75) is 0 Å². The summed E-state index contributed by atoms with van der Waals surface area (Å²) >= 11 is 1.34. The zero-order chi connectivity index (χ0) is 14.1. The summed E-state index contributed by atoms with van der Waals surface area (Å²) in [5.74, 6) is -0.275. The van der Waals surface area contributed by atoms with Crippen LogP contribution < -0.4 is 5.32 Å². The highest BCUT2D eigenvalue weighted by Gasteiger charge is 2.18.